The van der Waals surface area contributed by atoms with Crippen molar-refractivity contribution in [3.8, 4) is 0 Å². The highest BCUT2D eigenvalue weighted by Crippen LogP contribution is 2.27. The smallest absolute Gasteiger partial charge is 0.0540 e. The summed E-state index contributed by atoms with van der Waals surface area (Å²) in [6.45, 7) is 3.08. The van der Waals surface area contributed by atoms with Gasteiger partial charge < -0.3 is 5.73 Å². The number of aromatic nitrogens is 2. The van der Waals surface area contributed by atoms with Crippen LogP contribution in [0.15, 0.2) is 6.20 Å². The average Bonchev–Trinajstić information content (AvgIpc) is 2.49. The topological polar surface area (TPSA) is 43.8 Å². The summed E-state index contributed by atoms with van der Waals surface area (Å²) >= 11 is 0. The zero-order valence-corrected chi connectivity index (χ0v) is 7.45. The van der Waals surface area contributed by atoms with Gasteiger partial charge in [-0.2, -0.15) is 5.10 Å². The first kappa shape index (κ1) is 7.80. The molecule has 1 aliphatic carbocycles. The minimum absolute atomic E-state index is 0.231. The number of nitrogens with zero attached hydrogens (tertiary/aromatic N) is 2. The van der Waals surface area contributed by atoms with Gasteiger partial charge in [0, 0.05) is 23.8 Å². The maximum absolute atomic E-state index is 5.96. The molecule has 0 fully saturated rings. The summed E-state index contributed by atoms with van der Waals surface area (Å²) in [5, 5.41) is 4.30. The molecule has 66 valence electrons. The van der Waals surface area contributed by atoms with Crippen molar-refractivity contribution in [3.05, 3.63) is 17.5 Å². The standard InChI is InChI=1S/C9H15N3/c1-2-12-9-5-3-4-8(10)7(9)6-11-12/h6,8H,2-5,10H2,1H3. The molecular weight excluding hydrogens is 150 g/mol. The Balaban J connectivity index is 2.41. The predicted molar refractivity (Wildman–Crippen MR) is 47.8 cm³/mol. The van der Waals surface area contributed by atoms with Gasteiger partial charge in [-0.15, -0.1) is 0 Å². The Morgan fingerprint density at radius 3 is 3.33 bits per heavy atom. The lowest BCUT2D eigenvalue weighted by atomic mass is 9.94. The van der Waals surface area contributed by atoms with E-state index in [2.05, 4.69) is 16.7 Å². The van der Waals surface area contributed by atoms with E-state index < -0.39 is 0 Å². The maximum Gasteiger partial charge on any atom is 0.0540 e. The van der Waals surface area contributed by atoms with Crippen molar-refractivity contribution in [1.82, 2.24) is 9.78 Å². The van der Waals surface area contributed by atoms with Crippen LogP contribution in [0, 0.1) is 0 Å². The fourth-order valence-corrected chi connectivity index (χ4v) is 1.93. The first-order valence-electron chi connectivity index (χ1n) is 4.63. The highest BCUT2D eigenvalue weighted by molar-refractivity contribution is 5.24. The van der Waals surface area contributed by atoms with E-state index in [1.165, 1.54) is 17.7 Å². The van der Waals surface area contributed by atoms with Crippen molar-refractivity contribution >= 4 is 0 Å². The Labute approximate surface area is 72.6 Å². The van der Waals surface area contributed by atoms with Gasteiger partial charge in [-0.25, -0.2) is 0 Å². The molecule has 0 bridgehead atoms. The summed E-state index contributed by atoms with van der Waals surface area (Å²) in [4.78, 5) is 0. The SMILES string of the molecule is CCn1ncc2c1CCCC2N. The molecule has 2 rings (SSSR count). The van der Waals surface area contributed by atoms with Gasteiger partial charge in [0.25, 0.3) is 0 Å². The monoisotopic (exact) mass is 165 g/mol. The molecule has 2 N–H and O–H groups in total. The van der Waals surface area contributed by atoms with Crippen molar-refractivity contribution < 1.29 is 0 Å². The molecule has 12 heavy (non-hydrogen) atoms. The number of rotatable bonds is 1. The van der Waals surface area contributed by atoms with Crippen LogP contribution in [0.1, 0.15) is 37.1 Å². The van der Waals surface area contributed by atoms with Crippen LogP contribution < -0.4 is 5.73 Å². The van der Waals surface area contributed by atoms with Crippen molar-refractivity contribution in [2.75, 3.05) is 0 Å². The summed E-state index contributed by atoms with van der Waals surface area (Å²) in [5.41, 5.74) is 8.59. The lowest BCUT2D eigenvalue weighted by molar-refractivity contribution is 0.532. The minimum Gasteiger partial charge on any atom is -0.324 e. The summed E-state index contributed by atoms with van der Waals surface area (Å²) < 4.78 is 2.06. The van der Waals surface area contributed by atoms with Crippen LogP contribution in [0.2, 0.25) is 0 Å². The number of hydrogen-bond donors (Lipinski definition) is 1. The normalized spacial score (nSPS) is 22.3. The van der Waals surface area contributed by atoms with Crippen LogP contribution in [0.5, 0.6) is 0 Å². The number of hydrogen-bond acceptors (Lipinski definition) is 2. The Kier molecular flexibility index (Phi) is 1.89. The van der Waals surface area contributed by atoms with Gasteiger partial charge in [-0.05, 0) is 26.2 Å². The fourth-order valence-electron chi connectivity index (χ4n) is 1.93. The lowest BCUT2D eigenvalue weighted by Gasteiger charge is -2.18. The van der Waals surface area contributed by atoms with E-state index in [1.54, 1.807) is 0 Å². The third kappa shape index (κ3) is 1.05. The predicted octanol–water partition coefficient (Wildman–Crippen LogP) is 1.24. The lowest BCUT2D eigenvalue weighted by Crippen LogP contribution is -2.18. The average molecular weight is 165 g/mol. The highest BCUT2D eigenvalue weighted by atomic mass is 15.3. The zero-order valence-electron chi connectivity index (χ0n) is 7.45. The number of nitrogens with two attached hydrogens (primary N) is 1. The molecule has 1 aliphatic rings. The van der Waals surface area contributed by atoms with Crippen LogP contribution in [-0.4, -0.2) is 9.78 Å². The van der Waals surface area contributed by atoms with Crippen LogP contribution in [0.25, 0.3) is 0 Å². The van der Waals surface area contributed by atoms with E-state index in [4.69, 9.17) is 5.73 Å². The molecule has 1 aromatic heterocycles. The molecule has 3 nitrogen and oxygen atoms in total. The second kappa shape index (κ2) is 2.90. The minimum atomic E-state index is 0.231. The third-order valence-electron chi connectivity index (χ3n) is 2.61. The molecule has 1 heterocycles. The largest absolute Gasteiger partial charge is 0.324 e. The van der Waals surface area contributed by atoms with Gasteiger partial charge in [0.1, 0.15) is 0 Å². The molecule has 0 radical (unpaired) electrons. The van der Waals surface area contributed by atoms with Crippen LogP contribution in [-0.2, 0) is 13.0 Å². The Morgan fingerprint density at radius 2 is 2.58 bits per heavy atom. The first-order chi connectivity index (χ1) is 5.83. The zero-order chi connectivity index (χ0) is 8.55. The summed E-state index contributed by atoms with van der Waals surface area (Å²) in [7, 11) is 0. The molecule has 1 atom stereocenters. The number of aryl methyl sites for hydroxylation is 1. The van der Waals surface area contributed by atoms with Crippen LogP contribution >= 0.6 is 0 Å². The molecule has 0 spiro atoms. The Hall–Kier alpha value is -0.830. The molecule has 1 unspecified atom stereocenters. The van der Waals surface area contributed by atoms with Gasteiger partial charge >= 0.3 is 0 Å². The molecule has 1 aromatic rings. The van der Waals surface area contributed by atoms with Gasteiger partial charge in [0.05, 0.1) is 6.20 Å². The summed E-state index contributed by atoms with van der Waals surface area (Å²) in [5.74, 6) is 0. The molecule has 0 saturated carbocycles. The Morgan fingerprint density at radius 1 is 1.75 bits per heavy atom. The van der Waals surface area contributed by atoms with Gasteiger partial charge in [-0.3, -0.25) is 4.68 Å². The van der Waals surface area contributed by atoms with E-state index in [-0.39, 0.29) is 6.04 Å². The first-order valence-corrected chi connectivity index (χ1v) is 4.63. The highest BCUT2D eigenvalue weighted by Gasteiger charge is 2.20. The third-order valence-corrected chi connectivity index (χ3v) is 2.61. The molecule has 0 amide bonds. The van der Waals surface area contributed by atoms with Crippen molar-refractivity contribution in [1.29, 1.82) is 0 Å². The van der Waals surface area contributed by atoms with E-state index >= 15 is 0 Å². The molecule has 3 heteroatoms. The molecule has 0 aromatic carbocycles. The van der Waals surface area contributed by atoms with Crippen LogP contribution in [0.3, 0.4) is 0 Å². The summed E-state index contributed by atoms with van der Waals surface area (Å²) in [6.07, 6.45) is 5.40. The molecule has 0 saturated heterocycles. The van der Waals surface area contributed by atoms with Crippen molar-refractivity contribution in [2.24, 2.45) is 5.73 Å². The van der Waals surface area contributed by atoms with Crippen molar-refractivity contribution in [3.63, 3.8) is 0 Å². The maximum atomic E-state index is 5.96. The quantitative estimate of drug-likeness (QED) is 0.680. The summed E-state index contributed by atoms with van der Waals surface area (Å²) in [6, 6.07) is 0.231. The van der Waals surface area contributed by atoms with E-state index in [9.17, 15) is 0 Å². The van der Waals surface area contributed by atoms with Gasteiger partial charge in [0.2, 0.25) is 0 Å². The second-order valence-electron chi connectivity index (χ2n) is 3.36. The van der Waals surface area contributed by atoms with E-state index in [0.29, 0.717) is 0 Å². The van der Waals surface area contributed by atoms with Crippen molar-refractivity contribution in [2.45, 2.75) is 38.8 Å². The van der Waals surface area contributed by atoms with Gasteiger partial charge in [-0.1, -0.05) is 0 Å². The second-order valence-corrected chi connectivity index (χ2v) is 3.36. The Bertz CT molecular complexity index is 277. The molecular formula is C9H15N3. The molecule has 0 aliphatic heterocycles. The van der Waals surface area contributed by atoms with E-state index in [1.807, 2.05) is 6.20 Å². The van der Waals surface area contributed by atoms with Crippen LogP contribution in [0.4, 0.5) is 0 Å². The van der Waals surface area contributed by atoms with E-state index in [0.717, 1.165) is 19.4 Å². The fraction of sp³-hybridized carbons (Fsp3) is 0.667. The number of fused-ring (bicyclic) bond motifs is 1. The van der Waals surface area contributed by atoms with Gasteiger partial charge in [0.15, 0.2) is 0 Å².